The van der Waals surface area contributed by atoms with Gasteiger partial charge in [0.05, 0.1) is 17.3 Å². The highest BCUT2D eigenvalue weighted by Crippen LogP contribution is 2.35. The second kappa shape index (κ2) is 5.61. The van der Waals surface area contributed by atoms with Gasteiger partial charge in [-0.05, 0) is 22.0 Å². The molecule has 20 heavy (non-hydrogen) atoms. The number of nitro benzene ring substituents is 1. The minimum absolute atomic E-state index is 0.0243. The zero-order valence-electron chi connectivity index (χ0n) is 9.69. The van der Waals surface area contributed by atoms with Gasteiger partial charge in [0.2, 0.25) is 5.88 Å². The number of rotatable bonds is 4. The quantitative estimate of drug-likeness (QED) is 0.672. The van der Waals surface area contributed by atoms with Gasteiger partial charge in [0.15, 0.2) is 11.4 Å². The number of benzene rings is 1. The summed E-state index contributed by atoms with van der Waals surface area (Å²) in [5.74, 6) is -1.01. The Morgan fingerprint density at radius 2 is 2.10 bits per heavy atom. The molecule has 0 saturated heterocycles. The Hall–Kier alpha value is -2.55. The molecule has 0 radical (unpaired) electrons. The molecule has 0 spiro atoms. The second-order valence-corrected chi connectivity index (χ2v) is 4.29. The molecule has 1 aromatic carbocycles. The van der Waals surface area contributed by atoms with Crippen molar-refractivity contribution in [3.8, 4) is 11.6 Å². The van der Waals surface area contributed by atoms with Crippen LogP contribution in [0.4, 0.5) is 5.69 Å². The second-order valence-electron chi connectivity index (χ2n) is 3.49. The maximum atomic E-state index is 10.8. The summed E-state index contributed by atoms with van der Waals surface area (Å²) in [6.45, 7) is 0. The highest BCUT2D eigenvalue weighted by Gasteiger charge is 2.17. The van der Waals surface area contributed by atoms with E-state index in [1.807, 2.05) is 0 Å². The third-order valence-corrected chi connectivity index (χ3v) is 3.00. The summed E-state index contributed by atoms with van der Waals surface area (Å²) in [5.41, 5.74) is -0.381. The Morgan fingerprint density at radius 3 is 2.65 bits per heavy atom. The number of ether oxygens (including phenoxy) is 1. The van der Waals surface area contributed by atoms with Gasteiger partial charge in [0, 0.05) is 6.07 Å². The number of carboxylic acids is 1. The lowest BCUT2D eigenvalue weighted by Crippen LogP contribution is -2.01. The minimum atomic E-state index is -1.21. The lowest BCUT2D eigenvalue weighted by Gasteiger charge is -2.06. The highest BCUT2D eigenvalue weighted by atomic mass is 79.9. The first-order valence-corrected chi connectivity index (χ1v) is 5.94. The SMILES string of the molecule is O=C(O)c1cnc(Oc2cccc([N+](=O)[O-])c2Br)cn1. The normalized spacial score (nSPS) is 10.1. The van der Waals surface area contributed by atoms with Crippen molar-refractivity contribution in [2.75, 3.05) is 0 Å². The van der Waals surface area contributed by atoms with Crippen LogP contribution in [0.1, 0.15) is 10.5 Å². The number of carbonyl (C=O) groups is 1. The summed E-state index contributed by atoms with van der Waals surface area (Å²) in [6.07, 6.45) is 2.15. The van der Waals surface area contributed by atoms with Gasteiger partial charge in [0.25, 0.3) is 5.69 Å². The summed E-state index contributed by atoms with van der Waals surface area (Å²) < 4.78 is 5.48. The molecule has 1 aromatic heterocycles. The number of hydrogen-bond acceptors (Lipinski definition) is 6. The van der Waals surface area contributed by atoms with Crippen LogP contribution in [0, 0.1) is 10.1 Å². The molecule has 8 nitrogen and oxygen atoms in total. The fourth-order valence-corrected chi connectivity index (χ4v) is 1.80. The van der Waals surface area contributed by atoms with Crippen LogP contribution >= 0.6 is 15.9 Å². The number of aromatic nitrogens is 2. The molecule has 0 atom stereocenters. The molecule has 0 aliphatic heterocycles. The monoisotopic (exact) mass is 339 g/mol. The number of aromatic carboxylic acids is 1. The van der Waals surface area contributed by atoms with Crippen molar-refractivity contribution in [1.82, 2.24) is 9.97 Å². The molecule has 1 N–H and O–H groups in total. The molecule has 0 aliphatic rings. The van der Waals surface area contributed by atoms with Crippen LogP contribution in [0.15, 0.2) is 35.1 Å². The molecule has 2 aromatic rings. The molecule has 0 bridgehead atoms. The first-order chi connectivity index (χ1) is 9.49. The maximum absolute atomic E-state index is 10.8. The summed E-state index contributed by atoms with van der Waals surface area (Å²) >= 11 is 3.07. The molecular weight excluding hydrogens is 334 g/mol. The van der Waals surface area contributed by atoms with Crippen molar-refractivity contribution in [2.24, 2.45) is 0 Å². The molecule has 0 fully saturated rings. The first-order valence-electron chi connectivity index (χ1n) is 5.15. The smallest absolute Gasteiger partial charge is 0.356 e. The fraction of sp³-hybridized carbons (Fsp3) is 0. The lowest BCUT2D eigenvalue weighted by molar-refractivity contribution is -0.385. The Labute approximate surface area is 120 Å². The van der Waals surface area contributed by atoms with Crippen molar-refractivity contribution in [3.63, 3.8) is 0 Å². The van der Waals surface area contributed by atoms with Gasteiger partial charge in [0.1, 0.15) is 4.47 Å². The summed E-state index contributed by atoms with van der Waals surface area (Å²) in [4.78, 5) is 28.2. The van der Waals surface area contributed by atoms with E-state index in [4.69, 9.17) is 9.84 Å². The van der Waals surface area contributed by atoms with Crippen LogP contribution in [0.5, 0.6) is 11.6 Å². The van der Waals surface area contributed by atoms with Gasteiger partial charge in [-0.25, -0.2) is 14.8 Å². The third kappa shape index (κ3) is 2.88. The van der Waals surface area contributed by atoms with E-state index in [9.17, 15) is 14.9 Å². The summed E-state index contributed by atoms with van der Waals surface area (Å²) in [5, 5.41) is 19.5. The fourth-order valence-electron chi connectivity index (χ4n) is 1.31. The van der Waals surface area contributed by atoms with Crippen molar-refractivity contribution >= 4 is 27.6 Å². The van der Waals surface area contributed by atoms with Crippen molar-refractivity contribution in [1.29, 1.82) is 0 Å². The first kappa shape index (κ1) is 13.9. The Morgan fingerprint density at radius 1 is 1.35 bits per heavy atom. The molecule has 102 valence electrons. The van der Waals surface area contributed by atoms with Crippen molar-refractivity contribution < 1.29 is 19.6 Å². The van der Waals surface area contributed by atoms with Gasteiger partial charge in [-0.15, -0.1) is 0 Å². The molecular formula is C11H6BrN3O5. The maximum Gasteiger partial charge on any atom is 0.356 e. The van der Waals surface area contributed by atoms with Crippen LogP contribution in [0.25, 0.3) is 0 Å². The Balaban J connectivity index is 2.28. The Bertz CT molecular complexity index is 674. The van der Waals surface area contributed by atoms with E-state index in [0.29, 0.717) is 0 Å². The third-order valence-electron chi connectivity index (χ3n) is 2.20. The van der Waals surface area contributed by atoms with Crippen LogP contribution in [-0.2, 0) is 0 Å². The number of hydrogen-bond donors (Lipinski definition) is 1. The number of nitro groups is 1. The molecule has 9 heteroatoms. The number of nitrogens with zero attached hydrogens (tertiary/aromatic N) is 3. The number of halogens is 1. The standard InChI is InChI=1S/C11H6BrN3O5/c12-10-7(15(18)19)2-1-3-8(10)20-9-5-13-6(4-14-9)11(16)17/h1-5H,(H,16,17). The van der Waals surface area contributed by atoms with E-state index in [0.717, 1.165) is 12.4 Å². The number of carboxylic acid groups (broad SMARTS) is 1. The average Bonchev–Trinajstić information content (AvgIpc) is 2.41. The van der Waals surface area contributed by atoms with E-state index >= 15 is 0 Å². The zero-order valence-corrected chi connectivity index (χ0v) is 11.3. The van der Waals surface area contributed by atoms with Crippen LogP contribution < -0.4 is 4.74 Å². The molecule has 0 aliphatic carbocycles. The zero-order chi connectivity index (χ0) is 14.7. The van der Waals surface area contributed by atoms with E-state index in [2.05, 4.69) is 25.9 Å². The van der Waals surface area contributed by atoms with E-state index in [1.54, 1.807) is 0 Å². The average molecular weight is 340 g/mol. The largest absolute Gasteiger partial charge is 0.476 e. The van der Waals surface area contributed by atoms with Crippen LogP contribution in [0.3, 0.4) is 0 Å². The van der Waals surface area contributed by atoms with Crippen LogP contribution in [-0.4, -0.2) is 26.0 Å². The van der Waals surface area contributed by atoms with Gasteiger partial charge in [-0.2, -0.15) is 0 Å². The molecule has 2 rings (SSSR count). The Kier molecular flexibility index (Phi) is 3.89. The van der Waals surface area contributed by atoms with Gasteiger partial charge >= 0.3 is 5.97 Å². The molecule has 1 heterocycles. The highest BCUT2D eigenvalue weighted by molar-refractivity contribution is 9.10. The molecule has 0 unspecified atom stereocenters. The van der Waals surface area contributed by atoms with Crippen molar-refractivity contribution in [2.45, 2.75) is 0 Å². The molecule has 0 amide bonds. The predicted octanol–water partition coefficient (Wildman–Crippen LogP) is 2.64. The van der Waals surface area contributed by atoms with E-state index in [1.165, 1.54) is 18.2 Å². The topological polar surface area (TPSA) is 115 Å². The summed E-state index contributed by atoms with van der Waals surface area (Å²) in [6, 6.07) is 4.28. The van der Waals surface area contributed by atoms with E-state index in [-0.39, 0.29) is 27.5 Å². The van der Waals surface area contributed by atoms with Gasteiger partial charge in [-0.1, -0.05) is 6.07 Å². The minimum Gasteiger partial charge on any atom is -0.476 e. The summed E-state index contributed by atoms with van der Waals surface area (Å²) in [7, 11) is 0. The van der Waals surface area contributed by atoms with Crippen LogP contribution in [0.2, 0.25) is 0 Å². The molecule has 0 saturated carbocycles. The van der Waals surface area contributed by atoms with Gasteiger partial charge in [-0.3, -0.25) is 10.1 Å². The van der Waals surface area contributed by atoms with E-state index < -0.39 is 10.9 Å². The lowest BCUT2D eigenvalue weighted by atomic mass is 10.3. The van der Waals surface area contributed by atoms with Gasteiger partial charge < -0.3 is 9.84 Å². The van der Waals surface area contributed by atoms with Crippen molar-refractivity contribution in [3.05, 3.63) is 50.9 Å². The predicted molar refractivity (Wildman–Crippen MR) is 69.9 cm³/mol.